The molecule has 2 aromatic rings. The molecule has 0 radical (unpaired) electrons. The number of piperidine rings is 1. The highest BCUT2D eigenvalue weighted by Crippen LogP contribution is 2.25. The monoisotopic (exact) mass is 443 g/mol. The first kappa shape index (κ1) is 23.0. The van der Waals surface area contributed by atoms with Crippen molar-refractivity contribution < 1.29 is 18.0 Å². The van der Waals surface area contributed by atoms with Gasteiger partial charge in [-0.05, 0) is 63.4 Å². The molecule has 8 heteroatoms. The van der Waals surface area contributed by atoms with Crippen LogP contribution >= 0.6 is 0 Å². The van der Waals surface area contributed by atoms with Crippen LogP contribution in [0.2, 0.25) is 0 Å². The summed E-state index contributed by atoms with van der Waals surface area (Å²) >= 11 is 0. The van der Waals surface area contributed by atoms with E-state index < -0.39 is 15.9 Å². The lowest BCUT2D eigenvalue weighted by Crippen LogP contribution is -2.36. The number of sulfonamides is 1. The summed E-state index contributed by atoms with van der Waals surface area (Å²) in [5.74, 6) is -0.761. The molecule has 1 saturated heterocycles. The summed E-state index contributed by atoms with van der Waals surface area (Å²) in [4.78, 5) is 25.5. The number of anilines is 1. The number of benzene rings is 2. The average Bonchev–Trinajstić information content (AvgIpc) is 2.74. The van der Waals surface area contributed by atoms with Gasteiger partial charge in [-0.1, -0.05) is 24.6 Å². The summed E-state index contributed by atoms with van der Waals surface area (Å²) in [5, 5.41) is 5.56. The van der Waals surface area contributed by atoms with Crippen LogP contribution in [0.1, 0.15) is 59.4 Å². The van der Waals surface area contributed by atoms with Crippen molar-refractivity contribution in [3.63, 3.8) is 0 Å². The van der Waals surface area contributed by atoms with Crippen molar-refractivity contribution in [2.45, 2.75) is 51.0 Å². The van der Waals surface area contributed by atoms with Gasteiger partial charge in [0.1, 0.15) is 0 Å². The molecular weight excluding hydrogens is 414 g/mol. The molecule has 1 aliphatic rings. The molecule has 7 nitrogen and oxygen atoms in total. The quantitative estimate of drug-likeness (QED) is 0.714. The topological polar surface area (TPSA) is 95.6 Å². The van der Waals surface area contributed by atoms with E-state index in [4.69, 9.17) is 0 Å². The summed E-state index contributed by atoms with van der Waals surface area (Å²) < 4.78 is 27.7. The van der Waals surface area contributed by atoms with Crippen LogP contribution in [-0.4, -0.2) is 43.7 Å². The van der Waals surface area contributed by atoms with E-state index in [2.05, 4.69) is 10.6 Å². The Morgan fingerprint density at radius 1 is 0.968 bits per heavy atom. The van der Waals surface area contributed by atoms with Gasteiger partial charge in [0.2, 0.25) is 10.0 Å². The third-order valence-electron chi connectivity index (χ3n) is 5.22. The van der Waals surface area contributed by atoms with E-state index in [0.717, 1.165) is 19.3 Å². The van der Waals surface area contributed by atoms with Crippen LogP contribution in [0.4, 0.5) is 5.69 Å². The maximum Gasteiger partial charge on any atom is 0.255 e. The SMILES string of the molecule is Cc1ccc(C(=O)Nc2ccccc2C(=O)NC(C)C)cc1S(=O)(=O)N1CCCCC1. The van der Waals surface area contributed by atoms with Crippen molar-refractivity contribution in [3.05, 3.63) is 59.2 Å². The summed E-state index contributed by atoms with van der Waals surface area (Å²) in [6.07, 6.45) is 2.71. The zero-order valence-corrected chi connectivity index (χ0v) is 19.0. The zero-order valence-electron chi connectivity index (χ0n) is 18.1. The van der Waals surface area contributed by atoms with Crippen molar-refractivity contribution in [2.24, 2.45) is 0 Å². The number of para-hydroxylation sites is 1. The molecule has 1 aliphatic heterocycles. The van der Waals surface area contributed by atoms with Crippen LogP contribution in [0.5, 0.6) is 0 Å². The number of nitrogens with one attached hydrogen (secondary N) is 2. The second-order valence-corrected chi connectivity index (χ2v) is 9.98. The van der Waals surface area contributed by atoms with Gasteiger partial charge in [0.25, 0.3) is 11.8 Å². The average molecular weight is 444 g/mol. The maximum atomic E-state index is 13.1. The van der Waals surface area contributed by atoms with Gasteiger partial charge in [-0.2, -0.15) is 4.31 Å². The summed E-state index contributed by atoms with van der Waals surface area (Å²) in [6, 6.07) is 11.3. The Labute approximate surface area is 183 Å². The van der Waals surface area contributed by atoms with Gasteiger partial charge in [0, 0.05) is 24.7 Å². The predicted octanol–water partition coefficient (Wildman–Crippen LogP) is 3.56. The number of rotatable bonds is 6. The van der Waals surface area contributed by atoms with Crippen molar-refractivity contribution in [1.82, 2.24) is 9.62 Å². The minimum atomic E-state index is -3.67. The van der Waals surface area contributed by atoms with Crippen molar-refractivity contribution in [2.75, 3.05) is 18.4 Å². The number of aryl methyl sites for hydroxylation is 1. The standard InChI is InChI=1S/C23H29N3O4S/c1-16(2)24-23(28)19-9-5-6-10-20(19)25-22(27)18-12-11-17(3)21(15-18)31(29,30)26-13-7-4-8-14-26/h5-6,9-12,15-16H,4,7-8,13-14H2,1-3H3,(H,24,28)(H,25,27). The van der Waals surface area contributed by atoms with E-state index in [1.165, 1.54) is 10.4 Å². The molecule has 0 aliphatic carbocycles. The minimum Gasteiger partial charge on any atom is -0.350 e. The fourth-order valence-corrected chi connectivity index (χ4v) is 5.36. The molecule has 0 aromatic heterocycles. The van der Waals surface area contributed by atoms with Gasteiger partial charge in [0.15, 0.2) is 0 Å². The third kappa shape index (κ3) is 5.32. The number of hydrogen-bond donors (Lipinski definition) is 2. The largest absolute Gasteiger partial charge is 0.350 e. The smallest absolute Gasteiger partial charge is 0.255 e. The third-order valence-corrected chi connectivity index (χ3v) is 7.26. The lowest BCUT2D eigenvalue weighted by molar-refractivity contribution is 0.0944. The molecule has 1 fully saturated rings. The van der Waals surface area contributed by atoms with Gasteiger partial charge in [0.05, 0.1) is 16.1 Å². The maximum absolute atomic E-state index is 13.1. The zero-order chi connectivity index (χ0) is 22.6. The van der Waals surface area contributed by atoms with E-state index in [-0.39, 0.29) is 22.4 Å². The van der Waals surface area contributed by atoms with Gasteiger partial charge >= 0.3 is 0 Å². The molecule has 2 N–H and O–H groups in total. The van der Waals surface area contributed by atoms with E-state index in [1.807, 2.05) is 13.8 Å². The van der Waals surface area contributed by atoms with Crippen LogP contribution in [0.15, 0.2) is 47.4 Å². The lowest BCUT2D eigenvalue weighted by Gasteiger charge is -2.26. The summed E-state index contributed by atoms with van der Waals surface area (Å²) in [6.45, 7) is 6.43. The highest BCUT2D eigenvalue weighted by atomic mass is 32.2. The molecule has 2 amide bonds. The fraction of sp³-hybridized carbons (Fsp3) is 0.391. The minimum absolute atomic E-state index is 0.0455. The Morgan fingerprint density at radius 3 is 2.32 bits per heavy atom. The van der Waals surface area contributed by atoms with E-state index in [9.17, 15) is 18.0 Å². The number of nitrogens with zero attached hydrogens (tertiary/aromatic N) is 1. The molecule has 31 heavy (non-hydrogen) atoms. The number of amides is 2. The highest BCUT2D eigenvalue weighted by Gasteiger charge is 2.28. The Kier molecular flexibility index (Phi) is 7.12. The highest BCUT2D eigenvalue weighted by molar-refractivity contribution is 7.89. The van der Waals surface area contributed by atoms with Crippen LogP contribution in [0.25, 0.3) is 0 Å². The van der Waals surface area contributed by atoms with Crippen LogP contribution in [-0.2, 0) is 10.0 Å². The molecule has 0 bridgehead atoms. The first-order valence-corrected chi connectivity index (χ1v) is 12.0. The molecule has 3 rings (SSSR count). The van der Waals surface area contributed by atoms with Crippen molar-refractivity contribution in [1.29, 1.82) is 0 Å². The Balaban J connectivity index is 1.87. The molecule has 0 atom stereocenters. The first-order chi connectivity index (χ1) is 14.7. The Morgan fingerprint density at radius 2 is 1.65 bits per heavy atom. The molecule has 0 unspecified atom stereocenters. The molecule has 0 spiro atoms. The normalized spacial score (nSPS) is 15.0. The second-order valence-electron chi connectivity index (χ2n) is 8.07. The van der Waals surface area contributed by atoms with Crippen molar-refractivity contribution >= 4 is 27.5 Å². The molecule has 0 saturated carbocycles. The van der Waals surface area contributed by atoms with E-state index >= 15 is 0 Å². The fourth-order valence-electron chi connectivity index (χ4n) is 3.59. The number of carbonyl (C=O) groups excluding carboxylic acids is 2. The van der Waals surface area contributed by atoms with Crippen LogP contribution in [0, 0.1) is 6.92 Å². The molecule has 2 aromatic carbocycles. The molecular formula is C23H29N3O4S. The Hall–Kier alpha value is -2.71. The number of carbonyl (C=O) groups is 2. The van der Waals surface area contributed by atoms with Gasteiger partial charge in [-0.25, -0.2) is 8.42 Å². The predicted molar refractivity (Wildman–Crippen MR) is 121 cm³/mol. The van der Waals surface area contributed by atoms with Gasteiger partial charge < -0.3 is 10.6 Å². The van der Waals surface area contributed by atoms with Crippen LogP contribution < -0.4 is 10.6 Å². The van der Waals surface area contributed by atoms with E-state index in [0.29, 0.717) is 29.9 Å². The molecule has 166 valence electrons. The lowest BCUT2D eigenvalue weighted by atomic mass is 10.1. The Bertz CT molecular complexity index is 1070. The van der Waals surface area contributed by atoms with Crippen molar-refractivity contribution in [3.8, 4) is 0 Å². The van der Waals surface area contributed by atoms with Gasteiger partial charge in [-0.3, -0.25) is 9.59 Å². The number of hydrogen-bond acceptors (Lipinski definition) is 4. The first-order valence-electron chi connectivity index (χ1n) is 10.5. The summed E-state index contributed by atoms with van der Waals surface area (Å²) in [7, 11) is -3.67. The summed E-state index contributed by atoms with van der Waals surface area (Å²) in [5.41, 5.74) is 1.53. The van der Waals surface area contributed by atoms with Crippen LogP contribution in [0.3, 0.4) is 0 Å². The molecule has 1 heterocycles. The van der Waals surface area contributed by atoms with E-state index in [1.54, 1.807) is 43.3 Å². The second kappa shape index (κ2) is 9.62. The van der Waals surface area contributed by atoms with Gasteiger partial charge in [-0.15, -0.1) is 0 Å².